The molecule has 4 rings (SSSR count). The molecule has 2 aliphatic heterocycles. The molecule has 2 atom stereocenters. The van der Waals surface area contributed by atoms with Gasteiger partial charge in [0.25, 0.3) is 0 Å². The van der Waals surface area contributed by atoms with E-state index in [9.17, 15) is 0 Å². The third-order valence-corrected chi connectivity index (χ3v) is 7.47. The molecular formula is C24H30Cl3N3. The minimum absolute atomic E-state index is 0.0307. The zero-order valence-corrected chi connectivity index (χ0v) is 19.7. The van der Waals surface area contributed by atoms with Crippen LogP contribution in [0.4, 0.5) is 5.69 Å². The van der Waals surface area contributed by atoms with E-state index in [1.165, 1.54) is 50.9 Å². The van der Waals surface area contributed by atoms with Crippen molar-refractivity contribution in [2.24, 2.45) is 0 Å². The molecule has 0 amide bonds. The van der Waals surface area contributed by atoms with E-state index in [1.54, 1.807) is 6.07 Å². The molecule has 2 heterocycles. The van der Waals surface area contributed by atoms with Gasteiger partial charge < -0.3 is 10.6 Å². The summed E-state index contributed by atoms with van der Waals surface area (Å²) in [5, 5.41) is 9.14. The van der Waals surface area contributed by atoms with Gasteiger partial charge in [-0.3, -0.25) is 4.90 Å². The largest absolute Gasteiger partial charge is 0.377 e. The lowest BCUT2D eigenvalue weighted by Crippen LogP contribution is -2.48. The smallest absolute Gasteiger partial charge is 0.0637 e. The fraction of sp³-hybridized carbons (Fsp3) is 0.500. The standard InChI is InChI=1S/C24H30Cl3N3/c1-16(21-6-5-19(25)14-23(21)27)29-24-13-18(4-7-22(24)26)17-8-11-30(12-9-17)20-3-2-10-28-15-20/h4-7,13-14,16-17,20,28-29H,2-3,8-12,15H2,1H3/t16?,20-/m0/s1. The van der Waals surface area contributed by atoms with E-state index >= 15 is 0 Å². The summed E-state index contributed by atoms with van der Waals surface area (Å²) in [6.07, 6.45) is 5.04. The third kappa shape index (κ3) is 5.26. The molecule has 2 fully saturated rings. The maximum atomic E-state index is 6.52. The topological polar surface area (TPSA) is 27.3 Å². The van der Waals surface area contributed by atoms with Crippen LogP contribution in [0.3, 0.4) is 0 Å². The summed E-state index contributed by atoms with van der Waals surface area (Å²) in [4.78, 5) is 2.68. The second-order valence-corrected chi connectivity index (χ2v) is 9.83. The van der Waals surface area contributed by atoms with Crippen molar-refractivity contribution in [1.82, 2.24) is 10.2 Å². The molecule has 1 unspecified atom stereocenters. The minimum Gasteiger partial charge on any atom is -0.377 e. The van der Waals surface area contributed by atoms with Gasteiger partial charge in [0, 0.05) is 22.6 Å². The Morgan fingerprint density at radius 3 is 2.50 bits per heavy atom. The van der Waals surface area contributed by atoms with Crippen molar-refractivity contribution in [2.45, 2.75) is 50.6 Å². The lowest BCUT2D eigenvalue weighted by molar-refractivity contribution is 0.130. The maximum absolute atomic E-state index is 6.52. The van der Waals surface area contributed by atoms with Gasteiger partial charge in [0.15, 0.2) is 0 Å². The van der Waals surface area contributed by atoms with Gasteiger partial charge in [-0.2, -0.15) is 0 Å². The molecule has 162 valence electrons. The van der Waals surface area contributed by atoms with E-state index in [1.807, 2.05) is 18.2 Å². The van der Waals surface area contributed by atoms with Crippen LogP contribution in [-0.4, -0.2) is 37.1 Å². The predicted octanol–water partition coefficient (Wildman–Crippen LogP) is 6.75. The molecule has 2 N–H and O–H groups in total. The van der Waals surface area contributed by atoms with Crippen molar-refractivity contribution in [3.05, 3.63) is 62.6 Å². The van der Waals surface area contributed by atoms with E-state index in [-0.39, 0.29) is 6.04 Å². The van der Waals surface area contributed by atoms with E-state index in [4.69, 9.17) is 34.8 Å². The Morgan fingerprint density at radius 1 is 1.00 bits per heavy atom. The van der Waals surface area contributed by atoms with Crippen LogP contribution in [0.5, 0.6) is 0 Å². The van der Waals surface area contributed by atoms with Gasteiger partial charge in [-0.15, -0.1) is 0 Å². The molecule has 0 saturated carbocycles. The Bertz CT molecular complexity index is 859. The number of benzene rings is 2. The molecule has 0 spiro atoms. The number of hydrogen-bond donors (Lipinski definition) is 2. The highest BCUT2D eigenvalue weighted by Crippen LogP contribution is 2.36. The predicted molar refractivity (Wildman–Crippen MR) is 129 cm³/mol. The molecule has 0 aromatic heterocycles. The summed E-state index contributed by atoms with van der Waals surface area (Å²) >= 11 is 19.0. The molecule has 2 saturated heterocycles. The second kappa shape index (κ2) is 10.1. The van der Waals surface area contributed by atoms with Gasteiger partial charge in [-0.1, -0.05) is 46.9 Å². The zero-order chi connectivity index (χ0) is 21.1. The minimum atomic E-state index is 0.0307. The second-order valence-electron chi connectivity index (χ2n) is 8.58. The average molecular weight is 467 g/mol. The summed E-state index contributed by atoms with van der Waals surface area (Å²) in [5.41, 5.74) is 3.35. The van der Waals surface area contributed by atoms with E-state index in [0.29, 0.717) is 22.0 Å². The summed E-state index contributed by atoms with van der Waals surface area (Å²) in [6, 6.07) is 12.8. The number of piperidine rings is 2. The number of likely N-dealkylation sites (tertiary alicyclic amines) is 1. The zero-order valence-electron chi connectivity index (χ0n) is 17.4. The molecular weight excluding hydrogens is 437 g/mol. The van der Waals surface area contributed by atoms with Crippen LogP contribution in [0, 0.1) is 0 Å². The van der Waals surface area contributed by atoms with Crippen LogP contribution in [0.15, 0.2) is 36.4 Å². The summed E-state index contributed by atoms with van der Waals surface area (Å²) < 4.78 is 0. The number of nitrogens with one attached hydrogen (secondary N) is 2. The van der Waals surface area contributed by atoms with Crippen LogP contribution < -0.4 is 10.6 Å². The van der Waals surface area contributed by atoms with Crippen molar-refractivity contribution in [1.29, 1.82) is 0 Å². The molecule has 2 aromatic rings. The fourth-order valence-electron chi connectivity index (χ4n) is 4.81. The Balaban J connectivity index is 1.42. The van der Waals surface area contributed by atoms with Crippen LogP contribution in [0.1, 0.15) is 55.7 Å². The van der Waals surface area contributed by atoms with Gasteiger partial charge in [0.2, 0.25) is 0 Å². The summed E-state index contributed by atoms with van der Waals surface area (Å²) in [7, 11) is 0. The Labute approximate surface area is 195 Å². The van der Waals surface area contributed by atoms with Gasteiger partial charge >= 0.3 is 0 Å². The average Bonchev–Trinajstić information content (AvgIpc) is 2.76. The van der Waals surface area contributed by atoms with Crippen molar-refractivity contribution < 1.29 is 0 Å². The molecule has 2 aromatic carbocycles. The molecule has 0 bridgehead atoms. The first-order chi connectivity index (χ1) is 14.5. The number of hydrogen-bond acceptors (Lipinski definition) is 3. The van der Waals surface area contributed by atoms with Crippen molar-refractivity contribution in [2.75, 3.05) is 31.5 Å². The monoisotopic (exact) mass is 465 g/mol. The first kappa shape index (κ1) is 22.2. The molecule has 30 heavy (non-hydrogen) atoms. The van der Waals surface area contributed by atoms with E-state index in [2.05, 4.69) is 34.6 Å². The quantitative estimate of drug-likeness (QED) is 0.510. The fourth-order valence-corrected chi connectivity index (χ4v) is 5.56. The first-order valence-corrected chi connectivity index (χ1v) is 12.1. The lowest BCUT2D eigenvalue weighted by Gasteiger charge is -2.39. The van der Waals surface area contributed by atoms with E-state index in [0.717, 1.165) is 22.8 Å². The molecule has 2 aliphatic rings. The van der Waals surface area contributed by atoms with Crippen LogP contribution in [-0.2, 0) is 0 Å². The first-order valence-electron chi connectivity index (χ1n) is 11.0. The van der Waals surface area contributed by atoms with Gasteiger partial charge in [0.1, 0.15) is 0 Å². The van der Waals surface area contributed by atoms with E-state index < -0.39 is 0 Å². The maximum Gasteiger partial charge on any atom is 0.0637 e. The molecule has 0 aliphatic carbocycles. The van der Waals surface area contributed by atoms with Gasteiger partial charge in [-0.25, -0.2) is 0 Å². The molecule has 6 heteroatoms. The highest BCUT2D eigenvalue weighted by molar-refractivity contribution is 6.35. The van der Waals surface area contributed by atoms with Crippen LogP contribution in [0.25, 0.3) is 0 Å². The number of nitrogens with zero attached hydrogens (tertiary/aromatic N) is 1. The van der Waals surface area contributed by atoms with Crippen molar-refractivity contribution in [3.8, 4) is 0 Å². The summed E-state index contributed by atoms with van der Waals surface area (Å²) in [5.74, 6) is 0.588. The van der Waals surface area contributed by atoms with Crippen molar-refractivity contribution in [3.63, 3.8) is 0 Å². The number of rotatable bonds is 5. The normalized spacial score (nSPS) is 22.1. The number of halogens is 3. The highest BCUT2D eigenvalue weighted by Gasteiger charge is 2.27. The molecule has 3 nitrogen and oxygen atoms in total. The van der Waals surface area contributed by atoms with Crippen LogP contribution in [0.2, 0.25) is 15.1 Å². The Hall–Kier alpha value is -0.970. The SMILES string of the molecule is CC(Nc1cc(C2CCN([C@H]3CCCNC3)CC2)ccc1Cl)c1ccc(Cl)cc1Cl. The third-order valence-electron chi connectivity index (χ3n) is 6.58. The molecule has 0 radical (unpaired) electrons. The summed E-state index contributed by atoms with van der Waals surface area (Å²) in [6.45, 7) is 6.77. The van der Waals surface area contributed by atoms with Crippen molar-refractivity contribution >= 4 is 40.5 Å². The number of anilines is 1. The lowest BCUT2D eigenvalue weighted by atomic mass is 9.88. The Morgan fingerprint density at radius 2 is 1.80 bits per heavy atom. The Kier molecular flexibility index (Phi) is 7.48. The van der Waals surface area contributed by atoms with Crippen LogP contribution >= 0.6 is 34.8 Å². The van der Waals surface area contributed by atoms with Gasteiger partial charge in [-0.05, 0) is 93.6 Å². The van der Waals surface area contributed by atoms with Gasteiger partial charge in [0.05, 0.1) is 16.8 Å². The highest BCUT2D eigenvalue weighted by atomic mass is 35.5.